The molecule has 170 valence electrons. The summed E-state index contributed by atoms with van der Waals surface area (Å²) in [7, 11) is 1.21. The summed E-state index contributed by atoms with van der Waals surface area (Å²) in [5, 5.41) is 15.3. The average Bonchev–Trinajstić information content (AvgIpc) is 2.71. The Hall–Kier alpha value is -3.95. The van der Waals surface area contributed by atoms with E-state index in [0.717, 1.165) is 17.3 Å². The summed E-state index contributed by atoms with van der Waals surface area (Å²) >= 11 is 0. The minimum Gasteiger partial charge on any atom is -0.488 e. The number of nitrogens with one attached hydrogen (secondary N) is 1. The molecular formula is C22H25N3O7. The van der Waals surface area contributed by atoms with Crippen LogP contribution < -0.4 is 19.6 Å². The average molecular weight is 443 g/mol. The van der Waals surface area contributed by atoms with Gasteiger partial charge in [-0.05, 0) is 42.2 Å². The van der Waals surface area contributed by atoms with E-state index < -0.39 is 22.5 Å². The van der Waals surface area contributed by atoms with Crippen molar-refractivity contribution in [1.82, 2.24) is 5.43 Å². The van der Waals surface area contributed by atoms with Gasteiger partial charge in [0, 0.05) is 6.92 Å². The molecule has 2 aromatic rings. The van der Waals surface area contributed by atoms with E-state index >= 15 is 0 Å². The molecule has 1 amide bonds. The summed E-state index contributed by atoms with van der Waals surface area (Å²) in [6.45, 7) is 6.86. The van der Waals surface area contributed by atoms with Crippen LogP contribution in [-0.2, 0) is 9.59 Å². The third kappa shape index (κ3) is 6.27. The molecule has 0 spiro atoms. The molecule has 0 unspecified atom stereocenters. The van der Waals surface area contributed by atoms with Crippen LogP contribution in [0.3, 0.4) is 0 Å². The Kier molecular flexibility index (Phi) is 8.28. The molecule has 0 aromatic heterocycles. The van der Waals surface area contributed by atoms with Crippen LogP contribution in [0.1, 0.15) is 43.4 Å². The maximum absolute atomic E-state index is 12.1. The number of methoxy groups -OCH3 is 1. The Bertz CT molecular complexity index is 1050. The number of nitro benzene ring substituents is 1. The smallest absolute Gasteiger partial charge is 0.323 e. The number of amides is 1. The van der Waals surface area contributed by atoms with Crippen molar-refractivity contribution in [2.75, 3.05) is 13.7 Å². The van der Waals surface area contributed by atoms with Crippen LogP contribution in [0.2, 0.25) is 0 Å². The Morgan fingerprint density at radius 3 is 2.53 bits per heavy atom. The Labute approximate surface area is 185 Å². The van der Waals surface area contributed by atoms with Crippen molar-refractivity contribution in [3.63, 3.8) is 0 Å². The SMILES string of the molecule is COc1c(OC(C)=O)ccc(C=NNC(=O)COc2cc(C)ccc2C(C)C)c1[N+](=O)[O-]. The highest BCUT2D eigenvalue weighted by Gasteiger charge is 2.25. The van der Waals surface area contributed by atoms with E-state index in [0.29, 0.717) is 5.75 Å². The number of nitro groups is 1. The summed E-state index contributed by atoms with van der Waals surface area (Å²) < 4.78 is 15.6. The van der Waals surface area contributed by atoms with E-state index in [1.165, 1.54) is 26.2 Å². The van der Waals surface area contributed by atoms with E-state index in [9.17, 15) is 19.7 Å². The lowest BCUT2D eigenvalue weighted by molar-refractivity contribution is -0.385. The number of aryl methyl sites for hydroxylation is 1. The zero-order valence-electron chi connectivity index (χ0n) is 18.5. The van der Waals surface area contributed by atoms with Crippen LogP contribution in [0.4, 0.5) is 5.69 Å². The lowest BCUT2D eigenvalue weighted by Crippen LogP contribution is -2.25. The number of carbonyl (C=O) groups is 2. The van der Waals surface area contributed by atoms with Crippen LogP contribution in [-0.4, -0.2) is 36.7 Å². The Morgan fingerprint density at radius 2 is 1.94 bits per heavy atom. The summed E-state index contributed by atoms with van der Waals surface area (Å²) in [5.41, 5.74) is 3.84. The predicted octanol–water partition coefficient (Wildman–Crippen LogP) is 3.49. The zero-order chi connectivity index (χ0) is 23.8. The van der Waals surface area contributed by atoms with Gasteiger partial charge in [0.2, 0.25) is 5.75 Å². The van der Waals surface area contributed by atoms with Crippen LogP contribution >= 0.6 is 0 Å². The monoisotopic (exact) mass is 443 g/mol. The molecule has 0 aliphatic heterocycles. The molecule has 0 radical (unpaired) electrons. The molecule has 0 fully saturated rings. The van der Waals surface area contributed by atoms with Gasteiger partial charge in [0.1, 0.15) is 5.75 Å². The second-order valence-electron chi connectivity index (χ2n) is 7.16. The molecule has 32 heavy (non-hydrogen) atoms. The quantitative estimate of drug-likeness (QED) is 0.206. The molecule has 2 aromatic carbocycles. The van der Waals surface area contributed by atoms with Gasteiger partial charge >= 0.3 is 11.7 Å². The molecule has 2 rings (SSSR count). The van der Waals surface area contributed by atoms with E-state index in [1.54, 1.807) is 0 Å². The summed E-state index contributed by atoms with van der Waals surface area (Å²) in [5.74, 6) is -0.688. The van der Waals surface area contributed by atoms with E-state index in [-0.39, 0.29) is 29.6 Å². The van der Waals surface area contributed by atoms with Crippen molar-refractivity contribution in [2.24, 2.45) is 5.10 Å². The summed E-state index contributed by atoms with van der Waals surface area (Å²) in [4.78, 5) is 34.2. The first-order valence-electron chi connectivity index (χ1n) is 9.73. The largest absolute Gasteiger partial charge is 0.488 e. The fraction of sp³-hybridized carbons (Fsp3) is 0.318. The maximum atomic E-state index is 12.1. The molecule has 10 heteroatoms. The van der Waals surface area contributed by atoms with Crippen LogP contribution in [0.5, 0.6) is 17.2 Å². The van der Waals surface area contributed by atoms with E-state index in [4.69, 9.17) is 14.2 Å². The first kappa shape index (κ1) is 24.3. The molecule has 10 nitrogen and oxygen atoms in total. The molecule has 0 aliphatic carbocycles. The van der Waals surface area contributed by atoms with Crippen LogP contribution in [0.15, 0.2) is 35.4 Å². The number of hydrazone groups is 1. The van der Waals surface area contributed by atoms with Crippen LogP contribution in [0, 0.1) is 17.0 Å². The number of hydrogen-bond donors (Lipinski definition) is 1. The normalized spacial score (nSPS) is 10.8. The Morgan fingerprint density at radius 1 is 1.22 bits per heavy atom. The van der Waals surface area contributed by atoms with E-state index in [1.807, 2.05) is 39.0 Å². The molecule has 0 aliphatic rings. The molecule has 0 heterocycles. The minimum atomic E-state index is -0.691. The molecule has 0 saturated heterocycles. The van der Waals surface area contributed by atoms with Crippen molar-refractivity contribution < 1.29 is 28.7 Å². The standard InChI is InChI=1S/C22H25N3O7/c1-13(2)17-8-6-14(3)10-19(17)31-12-20(27)24-23-11-16-7-9-18(32-15(4)26)22(30-5)21(16)25(28)29/h6-11,13H,12H2,1-5H3,(H,24,27). The minimum absolute atomic E-state index is 0.0461. The number of ether oxygens (including phenoxy) is 3. The van der Waals surface area contributed by atoms with Crippen molar-refractivity contribution in [1.29, 1.82) is 0 Å². The summed E-state index contributed by atoms with van der Waals surface area (Å²) in [6.07, 6.45) is 1.10. The van der Waals surface area contributed by atoms with Crippen LogP contribution in [0.25, 0.3) is 0 Å². The first-order valence-corrected chi connectivity index (χ1v) is 9.73. The van der Waals surface area contributed by atoms with Crippen molar-refractivity contribution in [3.05, 3.63) is 57.1 Å². The lowest BCUT2D eigenvalue weighted by Gasteiger charge is -2.14. The second-order valence-corrected chi connectivity index (χ2v) is 7.16. The maximum Gasteiger partial charge on any atom is 0.323 e. The van der Waals surface area contributed by atoms with Gasteiger partial charge in [-0.3, -0.25) is 19.7 Å². The van der Waals surface area contributed by atoms with Gasteiger partial charge in [0.05, 0.1) is 23.8 Å². The first-order chi connectivity index (χ1) is 15.1. The van der Waals surface area contributed by atoms with Gasteiger partial charge in [-0.15, -0.1) is 0 Å². The fourth-order valence-electron chi connectivity index (χ4n) is 2.89. The third-order valence-corrected chi connectivity index (χ3v) is 4.31. The fourth-order valence-corrected chi connectivity index (χ4v) is 2.89. The highest BCUT2D eigenvalue weighted by molar-refractivity contribution is 5.90. The number of nitrogens with zero attached hydrogens (tertiary/aromatic N) is 2. The number of benzene rings is 2. The van der Waals surface area contributed by atoms with Gasteiger partial charge in [-0.25, -0.2) is 5.43 Å². The molecular weight excluding hydrogens is 418 g/mol. The molecule has 1 N–H and O–H groups in total. The van der Waals surface area contributed by atoms with Gasteiger partial charge in [-0.2, -0.15) is 5.10 Å². The van der Waals surface area contributed by atoms with Crippen molar-refractivity contribution >= 4 is 23.8 Å². The van der Waals surface area contributed by atoms with Gasteiger partial charge in [-0.1, -0.05) is 26.0 Å². The lowest BCUT2D eigenvalue weighted by atomic mass is 10.0. The van der Waals surface area contributed by atoms with Crippen molar-refractivity contribution in [2.45, 2.75) is 33.6 Å². The van der Waals surface area contributed by atoms with E-state index in [2.05, 4.69) is 10.5 Å². The highest BCUT2D eigenvalue weighted by atomic mass is 16.6. The van der Waals surface area contributed by atoms with Gasteiger partial charge in [0.25, 0.3) is 5.91 Å². The number of esters is 1. The summed E-state index contributed by atoms with van der Waals surface area (Å²) in [6, 6.07) is 8.45. The predicted molar refractivity (Wildman–Crippen MR) is 117 cm³/mol. The van der Waals surface area contributed by atoms with Crippen molar-refractivity contribution in [3.8, 4) is 17.2 Å². The number of hydrogen-bond acceptors (Lipinski definition) is 8. The Balaban J connectivity index is 2.12. The van der Waals surface area contributed by atoms with Gasteiger partial charge in [0.15, 0.2) is 12.4 Å². The molecule has 0 atom stereocenters. The topological polar surface area (TPSA) is 129 Å². The number of rotatable bonds is 9. The highest BCUT2D eigenvalue weighted by Crippen LogP contribution is 2.39. The molecule has 0 bridgehead atoms. The number of carbonyl (C=O) groups excluding carboxylic acids is 2. The third-order valence-electron chi connectivity index (χ3n) is 4.31. The second kappa shape index (κ2) is 10.9. The molecule has 0 saturated carbocycles. The van der Waals surface area contributed by atoms with Gasteiger partial charge < -0.3 is 14.2 Å². The zero-order valence-corrected chi connectivity index (χ0v) is 18.5.